The fourth-order valence-electron chi connectivity index (χ4n) is 3.75. The van der Waals surface area contributed by atoms with Crippen molar-refractivity contribution < 1.29 is 9.59 Å². The first-order valence-corrected chi connectivity index (χ1v) is 9.89. The highest BCUT2D eigenvalue weighted by atomic mass is 35.5. The van der Waals surface area contributed by atoms with Gasteiger partial charge < -0.3 is 15.1 Å². The number of piperazine rings is 1. The molecule has 0 atom stereocenters. The summed E-state index contributed by atoms with van der Waals surface area (Å²) in [4.78, 5) is 31.0. The Morgan fingerprint density at radius 2 is 1.50 bits per heavy atom. The van der Waals surface area contributed by atoms with E-state index >= 15 is 0 Å². The lowest BCUT2D eigenvalue weighted by molar-refractivity contribution is 0.0909. The fourth-order valence-corrected chi connectivity index (χ4v) is 3.87. The lowest BCUT2D eigenvalue weighted by atomic mass is 9.89. The molecule has 6 heteroatoms. The van der Waals surface area contributed by atoms with Gasteiger partial charge in [-0.3, -0.25) is 9.59 Å². The van der Waals surface area contributed by atoms with Crippen molar-refractivity contribution in [3.05, 3.63) is 76.1 Å². The van der Waals surface area contributed by atoms with Crippen LogP contribution in [0, 0.1) is 0 Å². The van der Waals surface area contributed by atoms with Crippen molar-refractivity contribution >= 4 is 28.9 Å². The molecule has 1 fully saturated rings. The number of fused-ring (bicyclic) bond motifs is 1. The molecule has 2 aromatic rings. The van der Waals surface area contributed by atoms with E-state index in [-0.39, 0.29) is 11.6 Å². The minimum Gasteiger partial charge on any atom is -0.364 e. The fraction of sp³-hybridized carbons (Fsp3) is 0.273. The van der Waals surface area contributed by atoms with Crippen molar-refractivity contribution in [2.24, 2.45) is 0 Å². The molecule has 0 saturated carbocycles. The lowest BCUT2D eigenvalue weighted by Gasteiger charge is -2.38. The summed E-state index contributed by atoms with van der Waals surface area (Å²) in [6.45, 7) is 6.30. The highest BCUT2D eigenvalue weighted by Gasteiger charge is 2.36. The van der Waals surface area contributed by atoms with E-state index in [2.05, 4.69) is 17.1 Å². The molecule has 0 amide bonds. The molecule has 0 bridgehead atoms. The predicted octanol–water partition coefficient (Wildman–Crippen LogP) is 3.68. The number of nitrogens with one attached hydrogen (secondary N) is 1. The standard InChI is InChI=1S/C22H22ClN3O2/c1-2-25-11-13-26(14-12-25)20-19(24-16-9-7-15(23)8-10-16)21(27)17-5-3-4-6-18(17)22(20)28/h3-10,24H,2,11-14H2,1H3. The highest BCUT2D eigenvalue weighted by molar-refractivity contribution is 6.30. The Balaban J connectivity index is 1.76. The zero-order chi connectivity index (χ0) is 19.7. The first-order chi connectivity index (χ1) is 13.6. The molecule has 5 nitrogen and oxygen atoms in total. The summed E-state index contributed by atoms with van der Waals surface area (Å²) in [5, 5.41) is 3.81. The number of Topliss-reactive ketones (excluding diaryl/α,β-unsaturated/α-hetero) is 2. The summed E-state index contributed by atoms with van der Waals surface area (Å²) < 4.78 is 0. The third kappa shape index (κ3) is 3.43. The van der Waals surface area contributed by atoms with Gasteiger partial charge in [0.1, 0.15) is 11.4 Å². The minimum atomic E-state index is -0.155. The van der Waals surface area contributed by atoms with Gasteiger partial charge in [-0.2, -0.15) is 0 Å². The molecule has 0 spiro atoms. The normalized spacial score (nSPS) is 17.7. The molecule has 1 N–H and O–H groups in total. The van der Waals surface area contributed by atoms with Gasteiger partial charge in [-0.05, 0) is 30.8 Å². The molecule has 144 valence electrons. The number of halogens is 1. The van der Waals surface area contributed by atoms with Gasteiger partial charge in [0.2, 0.25) is 11.6 Å². The summed E-state index contributed by atoms with van der Waals surface area (Å²) in [7, 11) is 0. The minimum absolute atomic E-state index is 0.100. The number of benzene rings is 2. The highest BCUT2D eigenvalue weighted by Crippen LogP contribution is 2.30. The molecular formula is C22H22ClN3O2. The van der Waals surface area contributed by atoms with Crippen LogP contribution in [0.25, 0.3) is 0 Å². The largest absolute Gasteiger partial charge is 0.364 e. The summed E-state index contributed by atoms with van der Waals surface area (Å²) in [6.07, 6.45) is 0. The molecule has 0 radical (unpaired) electrons. The molecule has 4 rings (SSSR count). The Kier molecular flexibility index (Phi) is 5.20. The number of hydrogen-bond donors (Lipinski definition) is 1. The van der Waals surface area contributed by atoms with Crippen LogP contribution in [0.4, 0.5) is 5.69 Å². The summed E-state index contributed by atoms with van der Waals surface area (Å²) in [5.74, 6) is -0.255. The van der Waals surface area contributed by atoms with Crippen LogP contribution in [0.1, 0.15) is 27.6 Å². The van der Waals surface area contributed by atoms with Crippen molar-refractivity contribution in [3.63, 3.8) is 0 Å². The van der Waals surface area contributed by atoms with Gasteiger partial charge in [0.25, 0.3) is 0 Å². The van der Waals surface area contributed by atoms with Crippen molar-refractivity contribution in [1.29, 1.82) is 0 Å². The predicted molar refractivity (Wildman–Crippen MR) is 111 cm³/mol. The summed E-state index contributed by atoms with van der Waals surface area (Å²) in [6, 6.07) is 14.2. The zero-order valence-corrected chi connectivity index (χ0v) is 16.5. The van der Waals surface area contributed by atoms with Gasteiger partial charge in [-0.15, -0.1) is 0 Å². The average molecular weight is 396 g/mol. The lowest BCUT2D eigenvalue weighted by Crippen LogP contribution is -2.48. The van der Waals surface area contributed by atoms with E-state index in [0.29, 0.717) is 27.5 Å². The molecule has 2 aromatic carbocycles. The zero-order valence-electron chi connectivity index (χ0n) is 15.7. The maximum absolute atomic E-state index is 13.3. The quantitative estimate of drug-likeness (QED) is 0.855. The number of rotatable bonds is 4. The number of likely N-dealkylation sites (N-methyl/N-ethyl adjacent to an activating group) is 1. The van der Waals surface area contributed by atoms with E-state index in [0.717, 1.165) is 38.4 Å². The number of nitrogens with zero attached hydrogens (tertiary/aromatic N) is 2. The third-order valence-corrected chi connectivity index (χ3v) is 5.60. The maximum Gasteiger partial charge on any atom is 0.212 e. The molecular weight excluding hydrogens is 374 g/mol. The van der Waals surface area contributed by atoms with Crippen LogP contribution in [-0.2, 0) is 0 Å². The van der Waals surface area contributed by atoms with Crippen molar-refractivity contribution in [1.82, 2.24) is 9.80 Å². The molecule has 1 aliphatic carbocycles. The van der Waals surface area contributed by atoms with E-state index in [1.165, 1.54) is 0 Å². The van der Waals surface area contributed by atoms with E-state index < -0.39 is 0 Å². The van der Waals surface area contributed by atoms with Crippen molar-refractivity contribution in [2.45, 2.75) is 6.92 Å². The molecule has 2 aliphatic rings. The van der Waals surface area contributed by atoms with Gasteiger partial charge in [-0.1, -0.05) is 42.8 Å². The Labute approximate surface area is 169 Å². The Morgan fingerprint density at radius 3 is 2.11 bits per heavy atom. The number of anilines is 1. The monoisotopic (exact) mass is 395 g/mol. The molecule has 0 aromatic heterocycles. The van der Waals surface area contributed by atoms with Crippen LogP contribution >= 0.6 is 11.6 Å². The van der Waals surface area contributed by atoms with Crippen LogP contribution < -0.4 is 5.32 Å². The second-order valence-corrected chi connectivity index (χ2v) is 7.42. The first kappa shape index (κ1) is 18.7. The van der Waals surface area contributed by atoms with E-state index in [9.17, 15) is 9.59 Å². The first-order valence-electron chi connectivity index (χ1n) is 9.51. The number of carbonyl (C=O) groups excluding carboxylic acids is 2. The SMILES string of the molecule is CCN1CCN(C2=C(Nc3ccc(Cl)cc3)C(=O)c3ccccc3C2=O)CC1. The average Bonchev–Trinajstić information content (AvgIpc) is 2.74. The number of hydrogen-bond acceptors (Lipinski definition) is 5. The smallest absolute Gasteiger partial charge is 0.212 e. The number of allylic oxidation sites excluding steroid dienone is 2. The van der Waals surface area contributed by atoms with Gasteiger partial charge in [0.15, 0.2) is 0 Å². The summed E-state index contributed by atoms with van der Waals surface area (Å²) >= 11 is 5.98. The number of carbonyl (C=O) groups is 2. The van der Waals surface area contributed by atoms with Crippen molar-refractivity contribution in [3.8, 4) is 0 Å². The topological polar surface area (TPSA) is 52.6 Å². The Hall–Kier alpha value is -2.63. The van der Waals surface area contributed by atoms with Gasteiger partial charge in [0.05, 0.1) is 0 Å². The third-order valence-electron chi connectivity index (χ3n) is 5.34. The van der Waals surface area contributed by atoms with Crippen LogP contribution in [-0.4, -0.2) is 54.1 Å². The van der Waals surface area contributed by atoms with Gasteiger partial charge in [0, 0.05) is 48.0 Å². The molecule has 1 aliphatic heterocycles. The van der Waals surface area contributed by atoms with E-state index in [1.54, 1.807) is 48.5 Å². The Bertz CT molecular complexity index is 945. The van der Waals surface area contributed by atoms with Crippen LogP contribution in [0.5, 0.6) is 0 Å². The van der Waals surface area contributed by atoms with Crippen LogP contribution in [0.3, 0.4) is 0 Å². The molecule has 0 unspecified atom stereocenters. The van der Waals surface area contributed by atoms with Gasteiger partial charge >= 0.3 is 0 Å². The van der Waals surface area contributed by atoms with Crippen molar-refractivity contribution in [2.75, 3.05) is 38.0 Å². The maximum atomic E-state index is 13.3. The van der Waals surface area contributed by atoms with E-state index in [1.807, 2.05) is 4.90 Å². The van der Waals surface area contributed by atoms with Crippen LogP contribution in [0.15, 0.2) is 59.9 Å². The second kappa shape index (κ2) is 7.78. The second-order valence-electron chi connectivity index (χ2n) is 6.98. The number of ketones is 2. The van der Waals surface area contributed by atoms with Gasteiger partial charge in [-0.25, -0.2) is 0 Å². The van der Waals surface area contributed by atoms with Crippen LogP contribution in [0.2, 0.25) is 5.02 Å². The van der Waals surface area contributed by atoms with E-state index in [4.69, 9.17) is 11.6 Å². The molecule has 1 heterocycles. The molecule has 28 heavy (non-hydrogen) atoms. The Morgan fingerprint density at radius 1 is 0.893 bits per heavy atom. The summed E-state index contributed by atoms with van der Waals surface area (Å²) in [5.41, 5.74) is 2.46. The molecule has 1 saturated heterocycles.